The zero-order chi connectivity index (χ0) is 12.4. The fourth-order valence-corrected chi connectivity index (χ4v) is 3.30. The zero-order valence-electron chi connectivity index (χ0n) is 11.0. The molecule has 3 unspecified atom stereocenters. The van der Waals surface area contributed by atoms with Crippen LogP contribution in [0.25, 0.3) is 0 Å². The fraction of sp³-hybridized carbons (Fsp3) is 0.929. The van der Waals surface area contributed by atoms with Crippen molar-refractivity contribution in [1.82, 2.24) is 4.90 Å². The molecule has 0 saturated carbocycles. The number of hydrogen-bond acceptors (Lipinski definition) is 1. The summed E-state index contributed by atoms with van der Waals surface area (Å²) in [6, 6.07) is 0.151. The van der Waals surface area contributed by atoms with Gasteiger partial charge in [-0.1, -0.05) is 33.1 Å². The Labute approximate surface area is 104 Å². The molecule has 0 N–H and O–H groups in total. The fourth-order valence-electron chi connectivity index (χ4n) is 3.30. The second kappa shape index (κ2) is 5.36. The summed E-state index contributed by atoms with van der Waals surface area (Å²) in [6.45, 7) is 4.50. The van der Waals surface area contributed by atoms with Gasteiger partial charge in [0.05, 0.1) is 6.54 Å². The second-order valence-electron chi connectivity index (χ2n) is 5.91. The molecule has 98 valence electrons. The van der Waals surface area contributed by atoms with Crippen LogP contribution in [0.5, 0.6) is 0 Å². The lowest BCUT2D eigenvalue weighted by Gasteiger charge is -2.32. The summed E-state index contributed by atoms with van der Waals surface area (Å²) in [5, 5.41) is 0. The molecular formula is C14H24FNO. The summed E-state index contributed by atoms with van der Waals surface area (Å²) in [4.78, 5) is 14.1. The van der Waals surface area contributed by atoms with Crippen molar-refractivity contribution in [3.05, 3.63) is 0 Å². The van der Waals surface area contributed by atoms with Crippen LogP contribution in [-0.2, 0) is 4.79 Å². The number of rotatable bonds is 0. The van der Waals surface area contributed by atoms with E-state index in [0.29, 0.717) is 18.9 Å². The van der Waals surface area contributed by atoms with E-state index in [1.54, 1.807) is 0 Å². The minimum Gasteiger partial charge on any atom is -0.336 e. The third kappa shape index (κ3) is 2.80. The Bertz CT molecular complexity index is 281. The molecule has 3 heteroatoms. The Morgan fingerprint density at radius 1 is 1.18 bits per heavy atom. The van der Waals surface area contributed by atoms with E-state index in [1.165, 1.54) is 12.8 Å². The third-order valence-electron chi connectivity index (χ3n) is 4.45. The first-order valence-electron chi connectivity index (χ1n) is 7.04. The zero-order valence-corrected chi connectivity index (χ0v) is 11.0. The molecule has 17 heavy (non-hydrogen) atoms. The highest BCUT2D eigenvalue weighted by Gasteiger charge is 2.39. The van der Waals surface area contributed by atoms with Gasteiger partial charge < -0.3 is 4.90 Å². The van der Waals surface area contributed by atoms with Crippen LogP contribution in [-0.4, -0.2) is 29.6 Å². The molecule has 0 aromatic rings. The molecule has 2 nitrogen and oxygen atoms in total. The summed E-state index contributed by atoms with van der Waals surface area (Å²) in [5.41, 5.74) is 0. The molecule has 0 aromatic heterocycles. The predicted octanol–water partition coefficient (Wildman–Crippen LogP) is 3.16. The van der Waals surface area contributed by atoms with E-state index in [1.807, 2.05) is 11.8 Å². The maximum absolute atomic E-state index is 13.6. The highest BCUT2D eigenvalue weighted by atomic mass is 19.1. The average molecular weight is 241 g/mol. The summed E-state index contributed by atoms with van der Waals surface area (Å²) >= 11 is 0. The molecule has 0 radical (unpaired) electrons. The first-order valence-corrected chi connectivity index (χ1v) is 7.04. The van der Waals surface area contributed by atoms with Crippen LogP contribution in [0.2, 0.25) is 0 Å². The van der Waals surface area contributed by atoms with Gasteiger partial charge in [0.25, 0.3) is 0 Å². The van der Waals surface area contributed by atoms with E-state index >= 15 is 0 Å². The Morgan fingerprint density at radius 3 is 2.65 bits per heavy atom. The number of fused-ring (bicyclic) bond motifs is 1. The first kappa shape index (κ1) is 12.8. The van der Waals surface area contributed by atoms with Crippen LogP contribution in [0.15, 0.2) is 0 Å². The number of nitrogens with zero attached hydrogens (tertiary/aromatic N) is 1. The van der Waals surface area contributed by atoms with Gasteiger partial charge in [-0.2, -0.15) is 0 Å². The van der Waals surface area contributed by atoms with Gasteiger partial charge in [-0.25, -0.2) is 4.39 Å². The smallest absolute Gasteiger partial charge is 0.225 e. The largest absolute Gasteiger partial charge is 0.336 e. The van der Waals surface area contributed by atoms with E-state index in [-0.39, 0.29) is 17.9 Å². The summed E-state index contributed by atoms with van der Waals surface area (Å²) < 4.78 is 13.6. The maximum atomic E-state index is 13.6. The molecule has 2 rings (SSSR count). The lowest BCUT2D eigenvalue weighted by Crippen LogP contribution is -2.42. The van der Waals surface area contributed by atoms with Gasteiger partial charge in [-0.05, 0) is 18.8 Å². The van der Waals surface area contributed by atoms with E-state index < -0.39 is 6.17 Å². The summed E-state index contributed by atoms with van der Waals surface area (Å²) in [7, 11) is 0. The van der Waals surface area contributed by atoms with Crippen molar-refractivity contribution < 1.29 is 9.18 Å². The molecule has 0 bridgehead atoms. The van der Waals surface area contributed by atoms with Gasteiger partial charge in [0, 0.05) is 18.4 Å². The van der Waals surface area contributed by atoms with Gasteiger partial charge in [-0.3, -0.25) is 4.79 Å². The van der Waals surface area contributed by atoms with Gasteiger partial charge in [-0.15, -0.1) is 0 Å². The van der Waals surface area contributed by atoms with Crippen LogP contribution >= 0.6 is 0 Å². The standard InChI is InChI=1S/C14H24FNO/c1-10-6-4-3-5-7-11(2)14(17)16-9-12(15)8-13(10)16/h10-13H,3-9H2,1-2H3/t10?,11?,12?,13-/m0/s1. The number of carbonyl (C=O) groups excluding carboxylic acids is 1. The van der Waals surface area contributed by atoms with Gasteiger partial charge in [0.2, 0.25) is 5.91 Å². The van der Waals surface area contributed by atoms with Crippen molar-refractivity contribution in [2.24, 2.45) is 11.8 Å². The minimum atomic E-state index is -0.806. The molecule has 2 saturated heterocycles. The average Bonchev–Trinajstić information content (AvgIpc) is 2.68. The maximum Gasteiger partial charge on any atom is 0.225 e. The Morgan fingerprint density at radius 2 is 1.88 bits per heavy atom. The number of amides is 1. The van der Waals surface area contributed by atoms with Crippen LogP contribution in [0.1, 0.15) is 52.4 Å². The summed E-state index contributed by atoms with van der Waals surface area (Å²) in [5.74, 6) is 0.710. The minimum absolute atomic E-state index is 0.0769. The molecule has 2 aliphatic rings. The Hall–Kier alpha value is -0.600. The van der Waals surface area contributed by atoms with Crippen molar-refractivity contribution in [3.63, 3.8) is 0 Å². The Balaban J connectivity index is 2.13. The van der Waals surface area contributed by atoms with Gasteiger partial charge in [0.15, 0.2) is 0 Å². The van der Waals surface area contributed by atoms with Gasteiger partial charge >= 0.3 is 0 Å². The van der Waals surface area contributed by atoms with Crippen molar-refractivity contribution in [2.75, 3.05) is 6.54 Å². The van der Waals surface area contributed by atoms with Gasteiger partial charge in [0.1, 0.15) is 6.17 Å². The molecule has 2 fully saturated rings. The van der Waals surface area contributed by atoms with Crippen molar-refractivity contribution in [2.45, 2.75) is 64.6 Å². The highest BCUT2D eigenvalue weighted by Crippen LogP contribution is 2.32. The highest BCUT2D eigenvalue weighted by molar-refractivity contribution is 5.79. The predicted molar refractivity (Wildman–Crippen MR) is 66.4 cm³/mol. The van der Waals surface area contributed by atoms with Crippen LogP contribution < -0.4 is 0 Å². The summed E-state index contributed by atoms with van der Waals surface area (Å²) in [6.07, 6.45) is 5.43. The quantitative estimate of drug-likeness (QED) is 0.638. The molecule has 1 amide bonds. The third-order valence-corrected chi connectivity index (χ3v) is 4.45. The van der Waals surface area contributed by atoms with Crippen molar-refractivity contribution in [3.8, 4) is 0 Å². The number of carbonyl (C=O) groups is 1. The first-order chi connectivity index (χ1) is 8.09. The number of alkyl halides is 1. The molecule has 2 aliphatic heterocycles. The van der Waals surface area contributed by atoms with Crippen molar-refractivity contribution >= 4 is 5.91 Å². The molecule has 0 aromatic carbocycles. The van der Waals surface area contributed by atoms with E-state index in [0.717, 1.165) is 19.3 Å². The monoisotopic (exact) mass is 241 g/mol. The number of hydrogen-bond donors (Lipinski definition) is 0. The lowest BCUT2D eigenvalue weighted by atomic mass is 9.90. The van der Waals surface area contributed by atoms with Crippen LogP contribution in [0.4, 0.5) is 4.39 Å². The molecule has 2 heterocycles. The van der Waals surface area contributed by atoms with Crippen LogP contribution in [0.3, 0.4) is 0 Å². The Kier molecular flexibility index (Phi) is 4.05. The molecular weight excluding hydrogens is 217 g/mol. The van der Waals surface area contributed by atoms with E-state index in [9.17, 15) is 9.18 Å². The lowest BCUT2D eigenvalue weighted by molar-refractivity contribution is -0.137. The molecule has 0 spiro atoms. The van der Waals surface area contributed by atoms with Crippen LogP contribution in [0, 0.1) is 11.8 Å². The van der Waals surface area contributed by atoms with Crippen molar-refractivity contribution in [1.29, 1.82) is 0 Å². The SMILES string of the molecule is CC1CCCCCC(C)[C@@H]2CC(F)CN2C1=O. The number of halogens is 1. The van der Waals surface area contributed by atoms with E-state index in [4.69, 9.17) is 0 Å². The van der Waals surface area contributed by atoms with E-state index in [2.05, 4.69) is 6.92 Å². The second-order valence-corrected chi connectivity index (χ2v) is 5.91. The normalized spacial score (nSPS) is 40.2. The molecule has 4 atom stereocenters. The molecule has 0 aliphatic carbocycles. The topological polar surface area (TPSA) is 20.3 Å².